The monoisotopic (exact) mass is 325 g/mol. The molecule has 128 valence electrons. The molecule has 0 amide bonds. The largest absolute Gasteiger partial charge is 0.417 e. The number of hydrogen-bond donors (Lipinski definition) is 0. The molecule has 0 aliphatic heterocycles. The first-order valence-corrected chi connectivity index (χ1v) is 11.6. The van der Waals surface area contributed by atoms with Gasteiger partial charge in [-0.2, -0.15) is 5.26 Å². The molecule has 0 aliphatic rings. The van der Waals surface area contributed by atoms with Gasteiger partial charge in [0, 0.05) is 19.4 Å². The van der Waals surface area contributed by atoms with Gasteiger partial charge in [-0.3, -0.25) is 0 Å². The van der Waals surface area contributed by atoms with Gasteiger partial charge in [0.2, 0.25) is 0 Å². The van der Waals surface area contributed by atoms with E-state index in [2.05, 4.69) is 39.9 Å². The van der Waals surface area contributed by atoms with Crippen LogP contribution in [0.3, 0.4) is 0 Å². The van der Waals surface area contributed by atoms with Crippen LogP contribution in [0.15, 0.2) is 0 Å². The van der Waals surface area contributed by atoms with Gasteiger partial charge in [0.15, 0.2) is 8.32 Å². The smallest absolute Gasteiger partial charge is 0.191 e. The summed E-state index contributed by atoms with van der Waals surface area (Å²) in [4.78, 5) is 10.3. The summed E-state index contributed by atoms with van der Waals surface area (Å²) in [7, 11) is -1.69. The lowest BCUT2D eigenvalue weighted by atomic mass is 9.97. The maximum atomic E-state index is 10.3. The first kappa shape index (κ1) is 21.3. The van der Waals surface area contributed by atoms with E-state index in [-0.39, 0.29) is 5.04 Å². The molecule has 0 bridgehead atoms. The average molecular weight is 326 g/mol. The Balaban J connectivity index is 4.18. The highest BCUT2D eigenvalue weighted by atomic mass is 28.4. The number of unbranched alkanes of at least 4 members (excludes halogenated alkanes) is 4. The molecule has 0 rings (SSSR count). The van der Waals surface area contributed by atoms with Crippen molar-refractivity contribution in [2.75, 3.05) is 6.61 Å². The highest BCUT2D eigenvalue weighted by molar-refractivity contribution is 6.74. The van der Waals surface area contributed by atoms with Crippen molar-refractivity contribution in [3.05, 3.63) is 0 Å². The molecule has 0 radical (unpaired) electrons. The summed E-state index contributed by atoms with van der Waals surface area (Å²) in [5, 5.41) is 9.06. The van der Waals surface area contributed by atoms with Crippen molar-refractivity contribution < 1.29 is 9.22 Å². The van der Waals surface area contributed by atoms with Crippen molar-refractivity contribution in [2.24, 2.45) is 5.92 Å². The Hall–Kier alpha value is -0.663. The van der Waals surface area contributed by atoms with Crippen molar-refractivity contribution in [2.45, 2.75) is 90.3 Å². The highest BCUT2D eigenvalue weighted by Crippen LogP contribution is 2.37. The summed E-state index contributed by atoms with van der Waals surface area (Å²) in [6.07, 6.45) is 8.88. The van der Waals surface area contributed by atoms with E-state index >= 15 is 0 Å². The minimum absolute atomic E-state index is 0.238. The Morgan fingerprint density at radius 3 is 2.32 bits per heavy atom. The minimum Gasteiger partial charge on any atom is -0.417 e. The fourth-order valence-electron chi connectivity index (χ4n) is 2.14. The zero-order valence-electron chi connectivity index (χ0n) is 15.3. The van der Waals surface area contributed by atoms with E-state index in [0.717, 1.165) is 38.6 Å². The lowest BCUT2D eigenvalue weighted by molar-refractivity contribution is -0.107. The van der Waals surface area contributed by atoms with Crippen LogP contribution in [0.1, 0.15) is 72.1 Å². The zero-order valence-corrected chi connectivity index (χ0v) is 16.3. The van der Waals surface area contributed by atoms with Crippen LogP contribution < -0.4 is 0 Å². The van der Waals surface area contributed by atoms with Gasteiger partial charge < -0.3 is 9.22 Å². The van der Waals surface area contributed by atoms with Gasteiger partial charge in [-0.05, 0) is 43.3 Å². The Morgan fingerprint density at radius 2 is 1.77 bits per heavy atom. The second-order valence-electron chi connectivity index (χ2n) is 7.79. The lowest BCUT2D eigenvalue weighted by Crippen LogP contribution is -2.42. The second kappa shape index (κ2) is 11.0. The average Bonchev–Trinajstić information content (AvgIpc) is 2.43. The van der Waals surface area contributed by atoms with Gasteiger partial charge in [-0.25, -0.2) is 0 Å². The molecule has 4 heteroatoms. The molecule has 0 saturated heterocycles. The molecule has 1 unspecified atom stereocenters. The second-order valence-corrected chi connectivity index (χ2v) is 12.6. The predicted octanol–water partition coefficient (Wildman–Crippen LogP) is 5.47. The molecule has 0 heterocycles. The molecule has 0 aromatic carbocycles. The van der Waals surface area contributed by atoms with E-state index in [0.29, 0.717) is 18.8 Å². The maximum Gasteiger partial charge on any atom is 0.191 e. The fraction of sp³-hybridized carbons (Fsp3) is 0.889. The van der Waals surface area contributed by atoms with Crippen molar-refractivity contribution in [3.63, 3.8) is 0 Å². The summed E-state index contributed by atoms with van der Waals surface area (Å²) in [6.45, 7) is 12.2. The van der Waals surface area contributed by atoms with E-state index in [1.165, 1.54) is 12.8 Å². The number of aldehydes is 1. The van der Waals surface area contributed by atoms with Gasteiger partial charge in [0.1, 0.15) is 6.29 Å². The molecule has 0 saturated carbocycles. The normalized spacial score (nSPS) is 13.6. The molecule has 0 aliphatic carbocycles. The van der Waals surface area contributed by atoms with E-state index in [1.54, 1.807) is 0 Å². The summed E-state index contributed by atoms with van der Waals surface area (Å²) in [6, 6.07) is 2.26. The molecule has 0 spiro atoms. The molecule has 0 N–H and O–H groups in total. The minimum atomic E-state index is -1.69. The number of carbonyl (C=O) groups is 1. The SMILES string of the molecule is CC(C)(C)[Si](C)(C)OCC(CCC#N)CCCCCCC=O. The summed E-state index contributed by atoms with van der Waals surface area (Å²) < 4.78 is 6.33. The quantitative estimate of drug-likeness (QED) is 0.272. The lowest BCUT2D eigenvalue weighted by Gasteiger charge is -2.37. The molecule has 0 aromatic heterocycles. The third-order valence-corrected chi connectivity index (χ3v) is 9.34. The van der Waals surface area contributed by atoms with Gasteiger partial charge in [-0.15, -0.1) is 0 Å². The van der Waals surface area contributed by atoms with Crippen LogP contribution in [0.2, 0.25) is 18.1 Å². The molecular formula is C18H35NO2Si. The van der Waals surface area contributed by atoms with E-state index in [4.69, 9.17) is 9.69 Å². The van der Waals surface area contributed by atoms with Crippen LogP contribution in [-0.4, -0.2) is 21.2 Å². The third-order valence-electron chi connectivity index (χ3n) is 4.83. The van der Waals surface area contributed by atoms with E-state index in [9.17, 15) is 4.79 Å². The van der Waals surface area contributed by atoms with Gasteiger partial charge in [-0.1, -0.05) is 40.0 Å². The van der Waals surface area contributed by atoms with Crippen molar-refractivity contribution >= 4 is 14.6 Å². The van der Waals surface area contributed by atoms with Crippen LogP contribution in [0.5, 0.6) is 0 Å². The number of carbonyl (C=O) groups excluding carboxylic acids is 1. The molecule has 22 heavy (non-hydrogen) atoms. The van der Waals surface area contributed by atoms with Crippen molar-refractivity contribution in [3.8, 4) is 6.07 Å². The highest BCUT2D eigenvalue weighted by Gasteiger charge is 2.37. The van der Waals surface area contributed by atoms with Crippen LogP contribution in [0, 0.1) is 17.2 Å². The molecule has 3 nitrogen and oxygen atoms in total. The summed E-state index contributed by atoms with van der Waals surface area (Å²) in [5.74, 6) is 0.500. The number of rotatable bonds is 12. The molecule has 0 aromatic rings. The number of nitrogens with zero attached hydrogens (tertiary/aromatic N) is 1. The van der Waals surface area contributed by atoms with Crippen LogP contribution in [0.4, 0.5) is 0 Å². The molecule has 1 atom stereocenters. The Bertz CT molecular complexity index is 342. The van der Waals surface area contributed by atoms with Gasteiger partial charge in [0.25, 0.3) is 0 Å². The fourth-order valence-corrected chi connectivity index (χ4v) is 3.22. The zero-order chi connectivity index (χ0) is 17.1. The Morgan fingerprint density at radius 1 is 1.14 bits per heavy atom. The first-order valence-electron chi connectivity index (χ1n) is 8.69. The van der Waals surface area contributed by atoms with Gasteiger partial charge >= 0.3 is 0 Å². The standard InChI is InChI=1S/C18H35NO2Si/c1-18(2,3)22(4,5)21-16-17(13-11-14-19)12-9-7-6-8-10-15-20/h15,17H,6-13,16H2,1-5H3. The van der Waals surface area contributed by atoms with Gasteiger partial charge in [0.05, 0.1) is 6.07 Å². The van der Waals surface area contributed by atoms with Crippen LogP contribution in [0.25, 0.3) is 0 Å². The van der Waals surface area contributed by atoms with E-state index < -0.39 is 8.32 Å². The van der Waals surface area contributed by atoms with Crippen LogP contribution >= 0.6 is 0 Å². The summed E-state index contributed by atoms with van der Waals surface area (Å²) >= 11 is 0. The topological polar surface area (TPSA) is 50.1 Å². The predicted molar refractivity (Wildman–Crippen MR) is 95.3 cm³/mol. The van der Waals surface area contributed by atoms with Crippen molar-refractivity contribution in [1.29, 1.82) is 5.26 Å². The Labute approximate surface area is 138 Å². The molecular weight excluding hydrogens is 290 g/mol. The Kier molecular flexibility index (Phi) is 10.6. The first-order chi connectivity index (χ1) is 10.2. The number of nitriles is 1. The maximum absolute atomic E-state index is 10.3. The van der Waals surface area contributed by atoms with Crippen LogP contribution in [-0.2, 0) is 9.22 Å². The number of hydrogen-bond acceptors (Lipinski definition) is 3. The van der Waals surface area contributed by atoms with Crippen molar-refractivity contribution in [1.82, 2.24) is 0 Å². The third kappa shape index (κ3) is 9.37. The summed E-state index contributed by atoms with van der Waals surface area (Å²) in [5.41, 5.74) is 0. The van der Waals surface area contributed by atoms with E-state index in [1.807, 2.05) is 0 Å². The molecule has 0 fully saturated rings.